The number of carbonyl (C=O) groups is 1. The van der Waals surface area contributed by atoms with Gasteiger partial charge in [0.15, 0.2) is 0 Å². The Bertz CT molecular complexity index is 304. The highest BCUT2D eigenvalue weighted by Gasteiger charge is 1.98. The van der Waals surface area contributed by atoms with Crippen LogP contribution < -0.4 is 10.6 Å². The van der Waals surface area contributed by atoms with Gasteiger partial charge in [0.1, 0.15) is 0 Å². The van der Waals surface area contributed by atoms with E-state index in [0.29, 0.717) is 26.3 Å². The number of nitrogens with one attached hydrogen (secondary N) is 2. The zero-order valence-corrected chi connectivity index (χ0v) is 11.4. The van der Waals surface area contributed by atoms with Gasteiger partial charge >= 0.3 is 6.03 Å². The number of carbonyl (C=O) groups excluding carboxylic acids is 1. The van der Waals surface area contributed by atoms with Crippen LogP contribution in [-0.4, -0.2) is 30.8 Å². The van der Waals surface area contributed by atoms with E-state index in [1.807, 2.05) is 32.9 Å². The van der Waals surface area contributed by atoms with E-state index in [1.54, 1.807) is 12.4 Å². The van der Waals surface area contributed by atoms with Crippen molar-refractivity contribution in [2.45, 2.75) is 27.3 Å². The lowest BCUT2D eigenvalue weighted by molar-refractivity contribution is 0.149. The molecule has 0 saturated carbocycles. The summed E-state index contributed by atoms with van der Waals surface area (Å²) in [6.07, 6.45) is 3.42. The van der Waals surface area contributed by atoms with Gasteiger partial charge in [-0.05, 0) is 18.6 Å². The number of hydrogen-bond donors (Lipinski definition) is 2. The van der Waals surface area contributed by atoms with Gasteiger partial charge in [-0.1, -0.05) is 19.9 Å². The molecule has 0 aliphatic rings. The summed E-state index contributed by atoms with van der Waals surface area (Å²) in [5, 5.41) is 5.42. The van der Waals surface area contributed by atoms with Gasteiger partial charge in [-0.25, -0.2) is 4.79 Å². The largest absolute Gasteiger partial charge is 0.380 e. The molecule has 5 heteroatoms. The molecule has 0 unspecified atom stereocenters. The Morgan fingerprint density at radius 2 is 2.17 bits per heavy atom. The molecule has 18 heavy (non-hydrogen) atoms. The lowest BCUT2D eigenvalue weighted by atomic mass is 10.3. The monoisotopic (exact) mass is 253 g/mol. The van der Waals surface area contributed by atoms with Gasteiger partial charge in [-0.2, -0.15) is 0 Å². The quantitative estimate of drug-likeness (QED) is 0.762. The van der Waals surface area contributed by atoms with Crippen molar-refractivity contribution in [2.24, 2.45) is 0 Å². The molecule has 1 aromatic heterocycles. The Labute approximate surface area is 109 Å². The Kier molecular flexibility index (Phi) is 10.8. The van der Waals surface area contributed by atoms with Crippen LogP contribution in [0, 0.1) is 0 Å². The summed E-state index contributed by atoms with van der Waals surface area (Å²) in [6.45, 7) is 8.12. The van der Waals surface area contributed by atoms with E-state index in [9.17, 15) is 4.79 Å². The molecule has 2 N–H and O–H groups in total. The fraction of sp³-hybridized carbons (Fsp3) is 0.538. The SMILES string of the molecule is CC.CCOCCNC(=O)NCc1cccnc1. The molecule has 0 saturated heterocycles. The van der Waals surface area contributed by atoms with Crippen molar-refractivity contribution in [3.05, 3.63) is 30.1 Å². The normalized spacial score (nSPS) is 9.06. The second-order valence-electron chi connectivity index (χ2n) is 3.17. The van der Waals surface area contributed by atoms with Crippen molar-refractivity contribution in [1.82, 2.24) is 15.6 Å². The molecule has 0 aliphatic heterocycles. The van der Waals surface area contributed by atoms with Crippen molar-refractivity contribution >= 4 is 6.03 Å². The minimum atomic E-state index is -0.191. The second kappa shape index (κ2) is 11.9. The summed E-state index contributed by atoms with van der Waals surface area (Å²) in [5.74, 6) is 0. The first kappa shape index (κ1) is 16.4. The smallest absolute Gasteiger partial charge is 0.315 e. The van der Waals surface area contributed by atoms with Crippen LogP contribution in [0.5, 0.6) is 0 Å². The van der Waals surface area contributed by atoms with Crippen molar-refractivity contribution < 1.29 is 9.53 Å². The number of nitrogens with zero attached hydrogens (tertiary/aromatic N) is 1. The highest BCUT2D eigenvalue weighted by atomic mass is 16.5. The van der Waals surface area contributed by atoms with Crippen molar-refractivity contribution in [3.63, 3.8) is 0 Å². The summed E-state index contributed by atoms with van der Waals surface area (Å²) in [6, 6.07) is 3.56. The molecule has 5 nitrogen and oxygen atoms in total. The van der Waals surface area contributed by atoms with Gasteiger partial charge in [0, 0.05) is 32.1 Å². The van der Waals surface area contributed by atoms with Crippen LogP contribution in [-0.2, 0) is 11.3 Å². The van der Waals surface area contributed by atoms with Crippen LogP contribution in [0.2, 0.25) is 0 Å². The molecule has 1 heterocycles. The maximum Gasteiger partial charge on any atom is 0.315 e. The van der Waals surface area contributed by atoms with Gasteiger partial charge in [-0.15, -0.1) is 0 Å². The fourth-order valence-corrected chi connectivity index (χ4v) is 1.13. The lowest BCUT2D eigenvalue weighted by Gasteiger charge is -2.07. The molecule has 0 atom stereocenters. The van der Waals surface area contributed by atoms with E-state index in [-0.39, 0.29) is 6.03 Å². The van der Waals surface area contributed by atoms with E-state index >= 15 is 0 Å². The molecule has 0 fully saturated rings. The second-order valence-corrected chi connectivity index (χ2v) is 3.17. The molecule has 0 spiro atoms. The Morgan fingerprint density at radius 3 is 2.78 bits per heavy atom. The molecular formula is C13H23N3O2. The molecule has 1 rings (SSSR count). The number of aromatic nitrogens is 1. The lowest BCUT2D eigenvalue weighted by Crippen LogP contribution is -2.36. The third-order valence-corrected chi connectivity index (χ3v) is 1.91. The van der Waals surface area contributed by atoms with Gasteiger partial charge in [-0.3, -0.25) is 4.98 Å². The standard InChI is InChI=1S/C11H17N3O2.C2H6/c1-2-16-7-6-13-11(15)14-9-10-4-3-5-12-8-10;1-2/h3-5,8H,2,6-7,9H2,1H3,(H2,13,14,15);1-2H3. The van der Waals surface area contributed by atoms with E-state index in [4.69, 9.17) is 4.74 Å². The van der Waals surface area contributed by atoms with Crippen LogP contribution in [0.15, 0.2) is 24.5 Å². The minimum Gasteiger partial charge on any atom is -0.380 e. The first-order chi connectivity index (χ1) is 8.83. The van der Waals surface area contributed by atoms with Crippen LogP contribution >= 0.6 is 0 Å². The summed E-state index contributed by atoms with van der Waals surface area (Å²) >= 11 is 0. The van der Waals surface area contributed by atoms with Crippen LogP contribution in [0.3, 0.4) is 0 Å². The average molecular weight is 253 g/mol. The van der Waals surface area contributed by atoms with Crippen molar-refractivity contribution in [1.29, 1.82) is 0 Å². The van der Waals surface area contributed by atoms with Gasteiger partial charge in [0.25, 0.3) is 0 Å². The summed E-state index contributed by atoms with van der Waals surface area (Å²) in [5.41, 5.74) is 0.974. The summed E-state index contributed by atoms with van der Waals surface area (Å²) < 4.78 is 5.09. The average Bonchev–Trinajstić information content (AvgIpc) is 2.45. The first-order valence-electron chi connectivity index (χ1n) is 6.31. The van der Waals surface area contributed by atoms with Crippen LogP contribution in [0.1, 0.15) is 26.3 Å². The van der Waals surface area contributed by atoms with E-state index in [1.165, 1.54) is 0 Å². The molecule has 102 valence electrons. The van der Waals surface area contributed by atoms with Crippen molar-refractivity contribution in [3.8, 4) is 0 Å². The van der Waals surface area contributed by atoms with Crippen LogP contribution in [0.4, 0.5) is 4.79 Å². The molecule has 1 aromatic rings. The summed E-state index contributed by atoms with van der Waals surface area (Å²) in [4.78, 5) is 15.2. The number of pyridine rings is 1. The van der Waals surface area contributed by atoms with E-state index in [2.05, 4.69) is 15.6 Å². The van der Waals surface area contributed by atoms with Gasteiger partial charge < -0.3 is 15.4 Å². The number of hydrogen-bond acceptors (Lipinski definition) is 3. The minimum absolute atomic E-state index is 0.191. The topological polar surface area (TPSA) is 63.2 Å². The molecule has 0 bridgehead atoms. The Morgan fingerprint density at radius 1 is 1.39 bits per heavy atom. The number of rotatable bonds is 6. The van der Waals surface area contributed by atoms with Crippen molar-refractivity contribution in [2.75, 3.05) is 19.8 Å². The highest BCUT2D eigenvalue weighted by molar-refractivity contribution is 5.73. The Hall–Kier alpha value is -1.62. The third-order valence-electron chi connectivity index (χ3n) is 1.91. The zero-order valence-electron chi connectivity index (χ0n) is 11.4. The zero-order chi connectivity index (χ0) is 13.6. The van der Waals surface area contributed by atoms with Gasteiger partial charge in [0.05, 0.1) is 6.61 Å². The molecule has 0 aromatic carbocycles. The Balaban J connectivity index is 0.00000137. The van der Waals surface area contributed by atoms with E-state index in [0.717, 1.165) is 5.56 Å². The van der Waals surface area contributed by atoms with E-state index < -0.39 is 0 Å². The summed E-state index contributed by atoms with van der Waals surface area (Å²) in [7, 11) is 0. The third kappa shape index (κ3) is 8.52. The predicted octanol–water partition coefficient (Wildman–Crippen LogP) is 1.94. The molecule has 2 amide bonds. The molecule has 0 radical (unpaired) electrons. The number of ether oxygens (including phenoxy) is 1. The van der Waals surface area contributed by atoms with Gasteiger partial charge in [0.2, 0.25) is 0 Å². The number of urea groups is 1. The van der Waals surface area contributed by atoms with Crippen LogP contribution in [0.25, 0.3) is 0 Å². The predicted molar refractivity (Wildman–Crippen MR) is 72.3 cm³/mol. The maximum absolute atomic E-state index is 11.3. The molecular weight excluding hydrogens is 230 g/mol. The maximum atomic E-state index is 11.3. The number of amides is 2. The fourth-order valence-electron chi connectivity index (χ4n) is 1.13. The molecule has 0 aliphatic carbocycles. The first-order valence-corrected chi connectivity index (χ1v) is 6.31. The highest BCUT2D eigenvalue weighted by Crippen LogP contribution is 1.93.